The first kappa shape index (κ1) is 23.9. The molecule has 6 nitrogen and oxygen atoms in total. The molecule has 5 rings (SSSR count). The lowest BCUT2D eigenvalue weighted by Gasteiger charge is -2.12. The van der Waals surface area contributed by atoms with Crippen LogP contribution in [0, 0.1) is 13.8 Å². The fraction of sp³-hybridized carbons (Fsp3) is 0.300. The standard InChI is InChI=1S/C30H33N3O3/c1-20-21(2)33(15-5-14-32(3)4)27-12-11-25(18-26(20)27)31-24-9-7-23(8-10-24)28(34)16-22-6-13-29-30(17-22)36-19-35-29/h6-13,17-18,31H,5,14-16,19H2,1-4H3. The molecule has 0 bridgehead atoms. The number of aromatic nitrogens is 1. The predicted octanol–water partition coefficient (Wildman–Crippen LogP) is 6.11. The van der Waals surface area contributed by atoms with Gasteiger partial charge in [0.05, 0.1) is 0 Å². The molecule has 0 saturated heterocycles. The van der Waals surface area contributed by atoms with E-state index in [-0.39, 0.29) is 12.6 Å². The Morgan fingerprint density at radius 2 is 1.69 bits per heavy atom. The van der Waals surface area contributed by atoms with E-state index >= 15 is 0 Å². The molecule has 0 amide bonds. The van der Waals surface area contributed by atoms with E-state index in [2.05, 4.69) is 60.9 Å². The SMILES string of the molecule is Cc1c(C)n(CCCN(C)C)c2ccc(Nc3ccc(C(=O)Cc4ccc5c(c4)OCO5)cc3)cc12. The molecule has 186 valence electrons. The van der Waals surface area contributed by atoms with Gasteiger partial charge >= 0.3 is 0 Å². The summed E-state index contributed by atoms with van der Waals surface area (Å²) in [5, 5.41) is 4.77. The quantitative estimate of drug-likeness (QED) is 0.291. The van der Waals surface area contributed by atoms with Crippen LogP contribution in [0.1, 0.15) is 33.6 Å². The number of ketones is 1. The fourth-order valence-corrected chi connectivity index (χ4v) is 4.81. The third-order valence-corrected chi connectivity index (χ3v) is 6.92. The van der Waals surface area contributed by atoms with Crippen molar-refractivity contribution in [1.29, 1.82) is 0 Å². The number of carbonyl (C=O) groups is 1. The number of aryl methyl sites for hydroxylation is 2. The minimum Gasteiger partial charge on any atom is -0.454 e. The molecule has 2 heterocycles. The molecule has 36 heavy (non-hydrogen) atoms. The number of carbonyl (C=O) groups excluding carboxylic acids is 1. The number of nitrogens with one attached hydrogen (secondary N) is 1. The van der Waals surface area contributed by atoms with E-state index in [1.807, 2.05) is 42.5 Å². The molecule has 0 saturated carbocycles. The second-order valence-electron chi connectivity index (χ2n) is 9.74. The first-order chi connectivity index (χ1) is 17.4. The number of ether oxygens (including phenoxy) is 2. The third-order valence-electron chi connectivity index (χ3n) is 6.92. The number of hydrogen-bond acceptors (Lipinski definition) is 5. The van der Waals surface area contributed by atoms with Crippen LogP contribution in [0.15, 0.2) is 60.7 Å². The Labute approximate surface area is 212 Å². The Balaban J connectivity index is 1.27. The van der Waals surface area contributed by atoms with Gasteiger partial charge in [-0.3, -0.25) is 4.79 Å². The topological polar surface area (TPSA) is 55.7 Å². The van der Waals surface area contributed by atoms with Gasteiger partial charge in [-0.05, 0) is 107 Å². The van der Waals surface area contributed by atoms with E-state index in [9.17, 15) is 4.79 Å². The molecule has 6 heteroatoms. The van der Waals surface area contributed by atoms with E-state index in [1.54, 1.807) is 0 Å². The molecule has 0 fully saturated rings. The Morgan fingerprint density at radius 1 is 0.944 bits per heavy atom. The van der Waals surface area contributed by atoms with Crippen molar-refractivity contribution < 1.29 is 14.3 Å². The monoisotopic (exact) mass is 483 g/mol. The molecule has 1 aliphatic heterocycles. The second-order valence-corrected chi connectivity index (χ2v) is 9.74. The third kappa shape index (κ3) is 4.95. The van der Waals surface area contributed by atoms with Crippen LogP contribution in [0.3, 0.4) is 0 Å². The fourth-order valence-electron chi connectivity index (χ4n) is 4.81. The lowest BCUT2D eigenvalue weighted by Crippen LogP contribution is -2.15. The second kappa shape index (κ2) is 10.1. The van der Waals surface area contributed by atoms with Crippen LogP contribution in [0.25, 0.3) is 10.9 Å². The molecule has 4 aromatic rings. The molecule has 1 aliphatic rings. The van der Waals surface area contributed by atoms with Crippen LogP contribution in [0.2, 0.25) is 0 Å². The van der Waals surface area contributed by atoms with Crippen molar-refractivity contribution >= 4 is 28.1 Å². The largest absolute Gasteiger partial charge is 0.454 e. The van der Waals surface area contributed by atoms with Crippen molar-refractivity contribution in [3.8, 4) is 11.5 Å². The van der Waals surface area contributed by atoms with Crippen LogP contribution < -0.4 is 14.8 Å². The van der Waals surface area contributed by atoms with E-state index in [1.165, 1.54) is 22.2 Å². The molecule has 0 spiro atoms. The van der Waals surface area contributed by atoms with Crippen LogP contribution in [-0.4, -0.2) is 42.7 Å². The first-order valence-electron chi connectivity index (χ1n) is 12.4. The molecule has 1 aromatic heterocycles. The maximum atomic E-state index is 12.8. The summed E-state index contributed by atoms with van der Waals surface area (Å²) in [5.74, 6) is 1.50. The van der Waals surface area contributed by atoms with Crippen molar-refractivity contribution in [3.63, 3.8) is 0 Å². The van der Waals surface area contributed by atoms with Crippen LogP contribution in [0.5, 0.6) is 11.5 Å². The normalized spacial score (nSPS) is 12.5. The van der Waals surface area contributed by atoms with Gasteiger partial charge in [0.15, 0.2) is 17.3 Å². The molecule has 0 aliphatic carbocycles. The number of Topliss-reactive ketones (excluding diaryl/α,β-unsaturated/α-hetero) is 1. The zero-order valence-corrected chi connectivity index (χ0v) is 21.4. The summed E-state index contributed by atoms with van der Waals surface area (Å²) in [5.41, 5.74) is 7.52. The maximum Gasteiger partial charge on any atom is 0.231 e. The van der Waals surface area contributed by atoms with Crippen molar-refractivity contribution in [1.82, 2.24) is 9.47 Å². The van der Waals surface area contributed by atoms with Crippen molar-refractivity contribution in [3.05, 3.63) is 83.0 Å². The minimum absolute atomic E-state index is 0.0727. The highest BCUT2D eigenvalue weighted by atomic mass is 16.7. The molecular weight excluding hydrogens is 450 g/mol. The van der Waals surface area contributed by atoms with Gasteiger partial charge in [0.2, 0.25) is 6.79 Å². The lowest BCUT2D eigenvalue weighted by atomic mass is 10.0. The van der Waals surface area contributed by atoms with Crippen LogP contribution in [-0.2, 0) is 13.0 Å². The van der Waals surface area contributed by atoms with Gasteiger partial charge in [0.1, 0.15) is 0 Å². The molecule has 0 atom stereocenters. The van der Waals surface area contributed by atoms with Gasteiger partial charge in [0, 0.05) is 46.5 Å². The zero-order chi connectivity index (χ0) is 25.2. The average Bonchev–Trinajstić information content (AvgIpc) is 3.42. The van der Waals surface area contributed by atoms with E-state index in [4.69, 9.17) is 9.47 Å². The lowest BCUT2D eigenvalue weighted by molar-refractivity contribution is 0.0993. The average molecular weight is 484 g/mol. The summed E-state index contributed by atoms with van der Waals surface area (Å²) in [4.78, 5) is 15.0. The maximum absolute atomic E-state index is 12.8. The van der Waals surface area contributed by atoms with Crippen LogP contribution >= 0.6 is 0 Å². The highest BCUT2D eigenvalue weighted by Gasteiger charge is 2.15. The van der Waals surface area contributed by atoms with Gasteiger partial charge in [0.25, 0.3) is 0 Å². The molecule has 3 aromatic carbocycles. The number of anilines is 2. The zero-order valence-electron chi connectivity index (χ0n) is 21.4. The number of benzene rings is 3. The number of fused-ring (bicyclic) bond motifs is 2. The summed E-state index contributed by atoms with van der Waals surface area (Å²) in [6.07, 6.45) is 1.45. The van der Waals surface area contributed by atoms with Gasteiger partial charge in [-0.2, -0.15) is 0 Å². The predicted molar refractivity (Wildman–Crippen MR) is 145 cm³/mol. The molecular formula is C30H33N3O3. The number of nitrogens with zero attached hydrogens (tertiary/aromatic N) is 2. The Bertz CT molecular complexity index is 1400. The van der Waals surface area contributed by atoms with Gasteiger partial charge in [-0.15, -0.1) is 0 Å². The van der Waals surface area contributed by atoms with Gasteiger partial charge in [-0.1, -0.05) is 6.07 Å². The number of rotatable bonds is 9. The summed E-state index contributed by atoms with van der Waals surface area (Å²) in [6, 6.07) is 19.9. The molecule has 1 N–H and O–H groups in total. The summed E-state index contributed by atoms with van der Waals surface area (Å²) < 4.78 is 13.2. The Kier molecular flexibility index (Phi) is 6.70. The first-order valence-corrected chi connectivity index (χ1v) is 12.4. The van der Waals surface area contributed by atoms with E-state index in [0.29, 0.717) is 17.7 Å². The molecule has 0 radical (unpaired) electrons. The van der Waals surface area contributed by atoms with Crippen molar-refractivity contribution in [2.24, 2.45) is 0 Å². The Hall–Kier alpha value is -3.77. The summed E-state index contributed by atoms with van der Waals surface area (Å²) >= 11 is 0. The minimum atomic E-state index is 0.0727. The van der Waals surface area contributed by atoms with E-state index < -0.39 is 0 Å². The summed E-state index contributed by atoms with van der Waals surface area (Å²) in [6.45, 7) is 6.73. The molecule has 0 unspecified atom stereocenters. The van der Waals surface area contributed by atoms with Crippen LogP contribution in [0.4, 0.5) is 11.4 Å². The van der Waals surface area contributed by atoms with E-state index in [0.717, 1.165) is 42.2 Å². The smallest absolute Gasteiger partial charge is 0.231 e. The highest BCUT2D eigenvalue weighted by molar-refractivity contribution is 5.98. The van der Waals surface area contributed by atoms with Gasteiger partial charge < -0.3 is 24.3 Å². The van der Waals surface area contributed by atoms with Crippen molar-refractivity contribution in [2.75, 3.05) is 32.7 Å². The highest BCUT2D eigenvalue weighted by Crippen LogP contribution is 2.33. The Morgan fingerprint density at radius 3 is 2.47 bits per heavy atom. The summed E-state index contributed by atoms with van der Waals surface area (Å²) in [7, 11) is 4.23. The van der Waals surface area contributed by atoms with Gasteiger partial charge in [-0.25, -0.2) is 0 Å². The van der Waals surface area contributed by atoms with Crippen molar-refractivity contribution in [2.45, 2.75) is 33.2 Å². The number of hydrogen-bond donors (Lipinski definition) is 1.